The number of aliphatic hydroxyl groups is 4. The van der Waals surface area contributed by atoms with Gasteiger partial charge in [0.15, 0.2) is 11.1 Å². The van der Waals surface area contributed by atoms with Crippen LogP contribution in [0.15, 0.2) is 64.9 Å². The minimum Gasteiger partial charge on any atom is -0.462 e. The van der Waals surface area contributed by atoms with Crippen molar-refractivity contribution in [2.75, 3.05) is 6.61 Å². The summed E-state index contributed by atoms with van der Waals surface area (Å²) in [7, 11) is -4.34. The van der Waals surface area contributed by atoms with Crippen molar-refractivity contribution < 1.29 is 42.9 Å². The number of nitrogens with one attached hydrogen (secondary N) is 1. The summed E-state index contributed by atoms with van der Waals surface area (Å²) < 4.78 is 45.5. The highest BCUT2D eigenvalue weighted by Gasteiger charge is 2.44. The number of rotatable bonds is 7. The molecule has 15 nitrogen and oxygen atoms in total. The van der Waals surface area contributed by atoms with Gasteiger partial charge in [-0.25, -0.2) is 14.3 Å². The van der Waals surface area contributed by atoms with E-state index in [2.05, 4.69) is 15.2 Å². The van der Waals surface area contributed by atoms with Gasteiger partial charge in [0.1, 0.15) is 36.5 Å². The molecule has 0 spiro atoms. The quantitative estimate of drug-likeness (QED) is 0.117. The first-order chi connectivity index (χ1) is 19.5. The average Bonchev–Trinajstić information content (AvgIpc) is 3.30. The van der Waals surface area contributed by atoms with Crippen LogP contribution in [0.5, 0.6) is 5.75 Å². The molecule has 5 rings (SSSR count). The van der Waals surface area contributed by atoms with Gasteiger partial charge in [0.25, 0.3) is 10.1 Å². The van der Waals surface area contributed by atoms with Crippen molar-refractivity contribution in [2.45, 2.75) is 42.5 Å². The fourth-order valence-electron chi connectivity index (χ4n) is 4.28. The van der Waals surface area contributed by atoms with Crippen LogP contribution in [-0.2, 0) is 14.9 Å². The van der Waals surface area contributed by atoms with Gasteiger partial charge in [0.05, 0.1) is 34.5 Å². The summed E-state index contributed by atoms with van der Waals surface area (Å²) in [6.07, 6.45) is -4.16. The van der Waals surface area contributed by atoms with E-state index >= 15 is 0 Å². The first-order valence-corrected chi connectivity index (χ1v) is 13.6. The zero-order valence-corrected chi connectivity index (χ0v) is 22.2. The smallest absolute Gasteiger partial charge is 0.294 e. The molecule has 0 saturated carbocycles. The molecule has 1 saturated heterocycles. The lowest BCUT2D eigenvalue weighted by molar-refractivity contribution is -0.277. The summed E-state index contributed by atoms with van der Waals surface area (Å²) in [4.78, 5) is 4.12. The van der Waals surface area contributed by atoms with E-state index in [0.29, 0.717) is 28.0 Å². The van der Waals surface area contributed by atoms with Crippen molar-refractivity contribution in [1.29, 1.82) is 5.41 Å². The minimum absolute atomic E-state index is 0.00660. The molecule has 2 aromatic carbocycles. The van der Waals surface area contributed by atoms with Crippen molar-refractivity contribution in [3.05, 3.63) is 71.6 Å². The third-order valence-electron chi connectivity index (χ3n) is 6.48. The summed E-state index contributed by atoms with van der Waals surface area (Å²) in [5, 5.41) is 57.1. The molecule has 0 bridgehead atoms. The van der Waals surface area contributed by atoms with E-state index in [1.165, 1.54) is 46.2 Å². The number of aryl methyl sites for hydroxylation is 1. The Balaban J connectivity index is 1.34. The third kappa shape index (κ3) is 5.62. The largest absolute Gasteiger partial charge is 0.462 e. The maximum Gasteiger partial charge on any atom is 0.294 e. The third-order valence-corrected chi connectivity index (χ3v) is 7.35. The fraction of sp³-hybridized carbons (Fsp3) is 0.280. The van der Waals surface area contributed by atoms with Crippen LogP contribution in [0.1, 0.15) is 11.3 Å². The van der Waals surface area contributed by atoms with Gasteiger partial charge in [0.2, 0.25) is 6.29 Å². The summed E-state index contributed by atoms with van der Waals surface area (Å²) in [5.74, 6) is 0.288. The summed E-state index contributed by atoms with van der Waals surface area (Å²) in [6.45, 7) is 1.13. The average molecular weight is 587 g/mol. The summed E-state index contributed by atoms with van der Waals surface area (Å²) in [5.41, 5.74) is 1.97. The normalized spacial score (nSPS) is 23.3. The molecule has 1 aliphatic heterocycles. The highest BCUT2D eigenvalue weighted by Crippen LogP contribution is 2.24. The predicted octanol–water partition coefficient (Wildman–Crippen LogP) is -0.683. The second-order valence-electron chi connectivity index (χ2n) is 9.23. The fourth-order valence-corrected chi connectivity index (χ4v) is 4.76. The van der Waals surface area contributed by atoms with Gasteiger partial charge in [0, 0.05) is 0 Å². The molecule has 2 aromatic heterocycles. The van der Waals surface area contributed by atoms with Gasteiger partial charge >= 0.3 is 0 Å². The molecular weight excluding hydrogens is 560 g/mol. The molecule has 0 amide bonds. The highest BCUT2D eigenvalue weighted by molar-refractivity contribution is 7.85. The Hall–Kier alpha value is -4.03. The standard InChI is InChI=1S/C25H26N6O9S/c1-13-19-23(26)30(12-27-24(19)31(29-13)15-4-8-17(9-5-15)41(36,37)38)28-10-14-2-6-16(7-3-14)39-25-22(35)21(34)20(33)18(11-32)40-25/h2-10,12,18,20-22,25-26,32-35H,11H2,1H3,(H,36,37,38). The zero-order valence-electron chi connectivity index (χ0n) is 21.4. The molecule has 6 N–H and O–H groups in total. The minimum atomic E-state index is -4.34. The van der Waals surface area contributed by atoms with Gasteiger partial charge in [-0.05, 0) is 61.0 Å². The van der Waals surface area contributed by atoms with Crippen LogP contribution in [0.2, 0.25) is 0 Å². The first kappa shape index (κ1) is 28.5. The molecule has 16 heteroatoms. The first-order valence-electron chi connectivity index (χ1n) is 12.2. The molecule has 0 radical (unpaired) electrons. The second-order valence-corrected chi connectivity index (χ2v) is 10.7. The van der Waals surface area contributed by atoms with Gasteiger partial charge in [-0.15, -0.1) is 0 Å². The number of aliphatic hydroxyl groups excluding tert-OH is 4. The van der Waals surface area contributed by atoms with Gasteiger partial charge in [-0.2, -0.15) is 18.6 Å². The molecule has 5 atom stereocenters. The van der Waals surface area contributed by atoms with E-state index in [-0.39, 0.29) is 16.1 Å². The maximum atomic E-state index is 11.3. The molecular formula is C25H26N6O9S. The predicted molar refractivity (Wildman–Crippen MR) is 141 cm³/mol. The van der Waals surface area contributed by atoms with Crippen LogP contribution in [0, 0.1) is 12.3 Å². The number of hydrogen-bond acceptors (Lipinski definition) is 12. The molecule has 1 fully saturated rings. The maximum absolute atomic E-state index is 11.3. The number of nitrogens with zero attached hydrogens (tertiary/aromatic N) is 5. The summed E-state index contributed by atoms with van der Waals surface area (Å²) >= 11 is 0. The van der Waals surface area contributed by atoms with E-state index in [4.69, 9.17) is 14.9 Å². The lowest BCUT2D eigenvalue weighted by Crippen LogP contribution is -2.60. The number of ether oxygens (including phenoxy) is 2. The lowest BCUT2D eigenvalue weighted by Gasteiger charge is -2.39. The Morgan fingerprint density at radius 3 is 2.39 bits per heavy atom. The van der Waals surface area contributed by atoms with Gasteiger partial charge in [-0.3, -0.25) is 9.96 Å². The van der Waals surface area contributed by atoms with E-state index in [1.807, 2.05) is 0 Å². The van der Waals surface area contributed by atoms with Crippen molar-refractivity contribution >= 4 is 27.4 Å². The van der Waals surface area contributed by atoms with Crippen molar-refractivity contribution in [1.82, 2.24) is 19.4 Å². The van der Waals surface area contributed by atoms with E-state index in [1.54, 1.807) is 31.2 Å². The Bertz CT molecular complexity index is 1750. The van der Waals surface area contributed by atoms with Gasteiger partial charge in [-0.1, -0.05) is 0 Å². The van der Waals surface area contributed by atoms with Crippen LogP contribution in [-0.4, -0.2) is 96.4 Å². The SMILES string of the molecule is Cc1nn(-c2ccc(S(=O)(=O)O)cc2)c2ncn(N=Cc3ccc(OC4OC(CO)C(O)C(O)C4O)cc3)c(=N)c12. The van der Waals surface area contributed by atoms with Crippen LogP contribution >= 0.6 is 0 Å². The van der Waals surface area contributed by atoms with E-state index in [0.717, 1.165) is 0 Å². The Kier molecular flexibility index (Phi) is 7.71. The van der Waals surface area contributed by atoms with Crippen molar-refractivity contribution in [2.24, 2.45) is 5.10 Å². The highest BCUT2D eigenvalue weighted by atomic mass is 32.2. The molecule has 41 heavy (non-hydrogen) atoms. The van der Waals surface area contributed by atoms with Gasteiger partial charge < -0.3 is 29.9 Å². The zero-order chi connectivity index (χ0) is 29.5. The number of benzene rings is 2. The molecule has 216 valence electrons. The second kappa shape index (κ2) is 11.1. The lowest BCUT2D eigenvalue weighted by atomic mass is 9.99. The topological polar surface area (TPSA) is 226 Å². The van der Waals surface area contributed by atoms with E-state index < -0.39 is 47.4 Å². The Labute approximate surface area is 232 Å². The van der Waals surface area contributed by atoms with Crippen LogP contribution < -0.4 is 10.2 Å². The number of aromatic nitrogens is 4. The molecule has 1 aliphatic rings. The molecule has 4 aromatic rings. The molecule has 5 unspecified atom stereocenters. The van der Waals surface area contributed by atoms with Crippen LogP contribution in [0.3, 0.4) is 0 Å². The van der Waals surface area contributed by atoms with Crippen LogP contribution in [0.25, 0.3) is 16.7 Å². The number of fused-ring (bicyclic) bond motifs is 1. The van der Waals surface area contributed by atoms with E-state index in [9.17, 15) is 33.4 Å². The van der Waals surface area contributed by atoms with Crippen molar-refractivity contribution in [3.63, 3.8) is 0 Å². The number of hydrogen-bond donors (Lipinski definition) is 6. The monoisotopic (exact) mass is 586 g/mol. The van der Waals surface area contributed by atoms with Crippen LogP contribution in [0.4, 0.5) is 0 Å². The summed E-state index contributed by atoms with van der Waals surface area (Å²) in [6, 6.07) is 11.8. The molecule has 3 heterocycles. The van der Waals surface area contributed by atoms with Crippen molar-refractivity contribution in [3.8, 4) is 11.4 Å². The molecule has 0 aliphatic carbocycles. The Morgan fingerprint density at radius 1 is 1.07 bits per heavy atom. The Morgan fingerprint density at radius 2 is 1.76 bits per heavy atom.